The van der Waals surface area contributed by atoms with Crippen LogP contribution in [0.15, 0.2) is 60.7 Å². The highest BCUT2D eigenvalue weighted by atomic mass is 19.1. The van der Waals surface area contributed by atoms with E-state index in [9.17, 15) is 19.1 Å². The van der Waals surface area contributed by atoms with Gasteiger partial charge < -0.3 is 9.84 Å². The van der Waals surface area contributed by atoms with E-state index in [0.717, 1.165) is 34.4 Å². The summed E-state index contributed by atoms with van der Waals surface area (Å²) in [6, 6.07) is 18.0. The van der Waals surface area contributed by atoms with Gasteiger partial charge in [-0.2, -0.15) is 0 Å². The van der Waals surface area contributed by atoms with E-state index >= 15 is 0 Å². The SMILES string of the molecule is Cc1cc(F)c(NC(=O)OCC2c3ccccc3-c3ccccc32)cc1C(=O)O. The van der Waals surface area contributed by atoms with Crippen molar-refractivity contribution in [2.24, 2.45) is 0 Å². The van der Waals surface area contributed by atoms with Crippen LogP contribution < -0.4 is 5.32 Å². The van der Waals surface area contributed by atoms with E-state index in [0.29, 0.717) is 0 Å². The maximum Gasteiger partial charge on any atom is 0.411 e. The molecule has 3 aromatic carbocycles. The highest BCUT2D eigenvalue weighted by Gasteiger charge is 2.29. The molecule has 0 atom stereocenters. The number of hydrogen-bond acceptors (Lipinski definition) is 3. The summed E-state index contributed by atoms with van der Waals surface area (Å²) < 4.78 is 19.5. The number of aromatic carboxylic acids is 1. The van der Waals surface area contributed by atoms with E-state index in [1.54, 1.807) is 0 Å². The molecule has 6 heteroatoms. The third-order valence-electron chi connectivity index (χ3n) is 5.12. The molecule has 2 N–H and O–H groups in total. The molecule has 0 saturated heterocycles. The zero-order valence-electron chi connectivity index (χ0n) is 15.6. The van der Waals surface area contributed by atoms with Crippen LogP contribution in [0.4, 0.5) is 14.9 Å². The Kier molecular flexibility index (Phi) is 4.76. The minimum Gasteiger partial charge on any atom is -0.478 e. The summed E-state index contributed by atoms with van der Waals surface area (Å²) in [5.74, 6) is -2.04. The van der Waals surface area contributed by atoms with Crippen LogP contribution in [-0.4, -0.2) is 23.8 Å². The van der Waals surface area contributed by atoms with Crippen molar-refractivity contribution in [3.63, 3.8) is 0 Å². The maximum atomic E-state index is 14.1. The van der Waals surface area contributed by atoms with Crippen molar-refractivity contribution >= 4 is 17.7 Å². The normalized spacial score (nSPS) is 12.2. The minimum atomic E-state index is -1.20. The molecule has 0 saturated carbocycles. The Morgan fingerprint density at radius 2 is 1.62 bits per heavy atom. The van der Waals surface area contributed by atoms with Crippen LogP contribution in [0.5, 0.6) is 0 Å². The lowest BCUT2D eigenvalue weighted by Gasteiger charge is -2.15. The Morgan fingerprint density at radius 3 is 2.21 bits per heavy atom. The first kappa shape index (κ1) is 18.7. The van der Waals surface area contributed by atoms with Gasteiger partial charge >= 0.3 is 12.1 Å². The van der Waals surface area contributed by atoms with Crippen molar-refractivity contribution in [1.29, 1.82) is 0 Å². The second kappa shape index (κ2) is 7.39. The summed E-state index contributed by atoms with van der Waals surface area (Å²) in [6.07, 6.45) is -0.842. The lowest BCUT2D eigenvalue weighted by Crippen LogP contribution is -2.19. The Hall–Kier alpha value is -3.67. The number of benzene rings is 3. The fourth-order valence-corrected chi connectivity index (χ4v) is 3.74. The predicted molar refractivity (Wildman–Crippen MR) is 107 cm³/mol. The largest absolute Gasteiger partial charge is 0.478 e. The first-order valence-electron chi connectivity index (χ1n) is 9.11. The molecular weight excluding hydrogens is 373 g/mol. The minimum absolute atomic E-state index is 0.0825. The van der Waals surface area contributed by atoms with Crippen molar-refractivity contribution in [3.05, 3.63) is 88.7 Å². The molecule has 0 unspecified atom stereocenters. The molecule has 146 valence electrons. The number of amides is 1. The standard InChI is InChI=1S/C23H18FNO4/c1-13-10-20(24)21(11-18(13)22(26)27)25-23(28)29-12-19-16-8-4-2-6-14(16)15-7-3-5-9-17(15)19/h2-11,19H,12H2,1H3,(H,25,28)(H,26,27). The van der Waals surface area contributed by atoms with E-state index in [2.05, 4.69) is 5.32 Å². The topological polar surface area (TPSA) is 75.6 Å². The van der Waals surface area contributed by atoms with Crippen molar-refractivity contribution < 1.29 is 23.8 Å². The number of aryl methyl sites for hydroxylation is 1. The van der Waals surface area contributed by atoms with Gasteiger partial charge in [0.2, 0.25) is 0 Å². The van der Waals surface area contributed by atoms with Crippen molar-refractivity contribution in [2.75, 3.05) is 11.9 Å². The van der Waals surface area contributed by atoms with Crippen LogP contribution in [0.3, 0.4) is 0 Å². The van der Waals surface area contributed by atoms with Crippen LogP contribution in [0.1, 0.15) is 33.0 Å². The number of carbonyl (C=O) groups is 2. The molecule has 0 fully saturated rings. The number of halogens is 1. The molecule has 4 rings (SSSR count). The second-order valence-corrected chi connectivity index (χ2v) is 6.90. The van der Waals surface area contributed by atoms with E-state index < -0.39 is 17.9 Å². The molecule has 29 heavy (non-hydrogen) atoms. The van der Waals surface area contributed by atoms with E-state index in [1.165, 1.54) is 6.92 Å². The number of carbonyl (C=O) groups excluding carboxylic acids is 1. The summed E-state index contributed by atoms with van der Waals surface area (Å²) in [7, 11) is 0. The van der Waals surface area contributed by atoms with Gasteiger partial charge in [-0.1, -0.05) is 48.5 Å². The molecule has 0 radical (unpaired) electrons. The fourth-order valence-electron chi connectivity index (χ4n) is 3.74. The van der Waals surface area contributed by atoms with Gasteiger partial charge in [-0.25, -0.2) is 14.0 Å². The average molecular weight is 391 g/mol. The lowest BCUT2D eigenvalue weighted by molar-refractivity contribution is 0.0696. The predicted octanol–water partition coefficient (Wildman–Crippen LogP) is 5.19. The van der Waals surface area contributed by atoms with Gasteiger partial charge in [0.1, 0.15) is 12.4 Å². The fraction of sp³-hybridized carbons (Fsp3) is 0.130. The Morgan fingerprint density at radius 1 is 1.03 bits per heavy atom. The van der Waals surface area contributed by atoms with Gasteiger partial charge in [-0.05, 0) is 46.9 Å². The second-order valence-electron chi connectivity index (χ2n) is 6.90. The molecule has 0 spiro atoms. The average Bonchev–Trinajstić information content (AvgIpc) is 3.02. The van der Waals surface area contributed by atoms with E-state index in [-0.39, 0.29) is 29.3 Å². The lowest BCUT2D eigenvalue weighted by atomic mass is 9.98. The summed E-state index contributed by atoms with van der Waals surface area (Å²) in [6.45, 7) is 1.57. The molecule has 0 bridgehead atoms. The smallest absolute Gasteiger partial charge is 0.411 e. The molecular formula is C23H18FNO4. The van der Waals surface area contributed by atoms with Crippen LogP contribution in [0, 0.1) is 12.7 Å². The van der Waals surface area contributed by atoms with Gasteiger partial charge in [0, 0.05) is 5.92 Å². The highest BCUT2D eigenvalue weighted by Crippen LogP contribution is 2.44. The number of ether oxygens (including phenoxy) is 1. The van der Waals surface area contributed by atoms with Gasteiger partial charge in [0.15, 0.2) is 0 Å². The van der Waals surface area contributed by atoms with Crippen molar-refractivity contribution in [3.8, 4) is 11.1 Å². The Labute approximate surface area is 166 Å². The molecule has 0 aromatic heterocycles. The Bertz CT molecular complexity index is 1080. The molecule has 1 aliphatic carbocycles. The van der Waals surface area contributed by atoms with Gasteiger partial charge in [0.05, 0.1) is 11.3 Å². The van der Waals surface area contributed by atoms with E-state index in [1.807, 2.05) is 48.5 Å². The van der Waals surface area contributed by atoms with Crippen LogP contribution in [-0.2, 0) is 4.74 Å². The first-order chi connectivity index (χ1) is 14.0. The van der Waals surface area contributed by atoms with Gasteiger partial charge in [-0.3, -0.25) is 5.32 Å². The number of rotatable bonds is 4. The summed E-state index contributed by atoms with van der Waals surface area (Å²) >= 11 is 0. The molecule has 0 heterocycles. The molecule has 0 aliphatic heterocycles. The summed E-state index contributed by atoms with van der Waals surface area (Å²) in [5.41, 5.74) is 4.30. The van der Waals surface area contributed by atoms with Crippen LogP contribution in [0.2, 0.25) is 0 Å². The zero-order valence-corrected chi connectivity index (χ0v) is 15.6. The number of anilines is 1. The molecule has 1 amide bonds. The third kappa shape index (κ3) is 3.45. The van der Waals surface area contributed by atoms with Gasteiger partial charge in [-0.15, -0.1) is 0 Å². The molecule has 3 aromatic rings. The Balaban J connectivity index is 1.51. The third-order valence-corrected chi connectivity index (χ3v) is 5.12. The first-order valence-corrected chi connectivity index (χ1v) is 9.11. The maximum absolute atomic E-state index is 14.1. The van der Waals surface area contributed by atoms with Crippen LogP contribution in [0.25, 0.3) is 11.1 Å². The monoisotopic (exact) mass is 391 g/mol. The van der Waals surface area contributed by atoms with E-state index in [4.69, 9.17) is 4.74 Å². The molecule has 1 aliphatic rings. The highest BCUT2D eigenvalue weighted by molar-refractivity contribution is 5.93. The van der Waals surface area contributed by atoms with Gasteiger partial charge in [0.25, 0.3) is 0 Å². The molecule has 5 nitrogen and oxygen atoms in total. The number of fused-ring (bicyclic) bond motifs is 3. The number of hydrogen-bond donors (Lipinski definition) is 2. The number of carboxylic acid groups (broad SMARTS) is 1. The van der Waals surface area contributed by atoms with Crippen molar-refractivity contribution in [2.45, 2.75) is 12.8 Å². The zero-order chi connectivity index (χ0) is 20.5. The van der Waals surface area contributed by atoms with Crippen LogP contribution >= 0.6 is 0 Å². The summed E-state index contributed by atoms with van der Waals surface area (Å²) in [4.78, 5) is 23.5. The number of carboxylic acids is 1. The summed E-state index contributed by atoms with van der Waals surface area (Å²) in [5, 5.41) is 11.5. The number of nitrogens with one attached hydrogen (secondary N) is 1. The quantitative estimate of drug-likeness (QED) is 0.641. The van der Waals surface area contributed by atoms with Crippen molar-refractivity contribution in [1.82, 2.24) is 0 Å².